The molecule has 0 atom stereocenters. The second-order valence-corrected chi connectivity index (χ2v) is 5.45. The Morgan fingerprint density at radius 2 is 1.85 bits per heavy atom. The molecule has 20 heavy (non-hydrogen) atoms. The number of nitrogen functional groups attached to an aromatic ring is 1. The van der Waals surface area contributed by atoms with Gasteiger partial charge in [-0.15, -0.1) is 0 Å². The zero-order valence-corrected chi connectivity index (χ0v) is 11.9. The minimum Gasteiger partial charge on any atom is -0.393 e. The van der Waals surface area contributed by atoms with E-state index in [4.69, 9.17) is 5.73 Å². The van der Waals surface area contributed by atoms with Crippen LogP contribution < -0.4 is 11.3 Å². The van der Waals surface area contributed by atoms with Gasteiger partial charge in [-0.2, -0.15) is 0 Å². The van der Waals surface area contributed by atoms with Crippen molar-refractivity contribution in [2.45, 2.75) is 45.1 Å². The van der Waals surface area contributed by atoms with Gasteiger partial charge in [0.25, 0.3) is 5.56 Å². The van der Waals surface area contributed by atoms with Crippen molar-refractivity contribution in [3.8, 4) is 5.69 Å². The van der Waals surface area contributed by atoms with Crippen molar-refractivity contribution in [3.05, 3.63) is 46.4 Å². The minimum atomic E-state index is -0.0834. The molecule has 0 unspecified atom stereocenters. The summed E-state index contributed by atoms with van der Waals surface area (Å²) in [5.74, 6) is 0.438. The molecular weight excluding hydrogens is 250 g/mol. The Morgan fingerprint density at radius 1 is 1.20 bits per heavy atom. The van der Waals surface area contributed by atoms with Crippen LogP contribution in [0.4, 0.5) is 5.69 Å². The molecule has 3 rings (SSSR count). The number of hydrogen-bond donors (Lipinski definition) is 1. The predicted molar refractivity (Wildman–Crippen MR) is 81.3 cm³/mol. The van der Waals surface area contributed by atoms with Crippen molar-refractivity contribution >= 4 is 5.69 Å². The highest BCUT2D eigenvalue weighted by Crippen LogP contribution is 2.36. The summed E-state index contributed by atoms with van der Waals surface area (Å²) in [7, 11) is 0. The van der Waals surface area contributed by atoms with Crippen molar-refractivity contribution < 1.29 is 0 Å². The zero-order chi connectivity index (χ0) is 14.1. The van der Waals surface area contributed by atoms with Gasteiger partial charge in [-0.05, 0) is 31.9 Å². The summed E-state index contributed by atoms with van der Waals surface area (Å²) in [4.78, 5) is 12.5. The minimum absolute atomic E-state index is 0.0834. The fraction of sp³-hybridized carbons (Fsp3) is 0.438. The second-order valence-electron chi connectivity index (χ2n) is 5.45. The van der Waals surface area contributed by atoms with Crippen molar-refractivity contribution in [1.82, 2.24) is 9.36 Å². The molecule has 1 heterocycles. The molecule has 0 radical (unpaired) electrons. The standard InChI is InChI=1S/C16H21N3O/c1-2-18-15(12-8-6-7-9-12)14(17)16(20)19(18)13-10-4-3-5-11-13/h3-5,10-12H,2,6-9,17H2,1H3. The largest absolute Gasteiger partial charge is 0.393 e. The van der Waals surface area contributed by atoms with Gasteiger partial charge in [-0.1, -0.05) is 31.0 Å². The maximum Gasteiger partial charge on any atom is 0.294 e. The SMILES string of the molecule is CCn1c(C2CCCC2)c(N)c(=O)n1-c1ccccc1. The Bertz CT molecular complexity index is 648. The second kappa shape index (κ2) is 5.19. The fourth-order valence-corrected chi connectivity index (χ4v) is 3.35. The molecule has 106 valence electrons. The molecule has 2 N–H and O–H groups in total. The van der Waals surface area contributed by atoms with Gasteiger partial charge in [-0.25, -0.2) is 4.68 Å². The van der Waals surface area contributed by atoms with Crippen LogP contribution in [0.2, 0.25) is 0 Å². The van der Waals surface area contributed by atoms with Gasteiger partial charge in [0, 0.05) is 12.5 Å². The van der Waals surface area contributed by atoms with Crippen LogP contribution in [0.25, 0.3) is 5.69 Å². The number of para-hydroxylation sites is 1. The van der Waals surface area contributed by atoms with E-state index < -0.39 is 0 Å². The van der Waals surface area contributed by atoms with Crippen molar-refractivity contribution in [1.29, 1.82) is 0 Å². The molecule has 1 aromatic carbocycles. The summed E-state index contributed by atoms with van der Waals surface area (Å²) >= 11 is 0. The highest BCUT2D eigenvalue weighted by molar-refractivity contribution is 5.47. The zero-order valence-electron chi connectivity index (χ0n) is 11.9. The first-order valence-electron chi connectivity index (χ1n) is 7.40. The van der Waals surface area contributed by atoms with E-state index in [9.17, 15) is 4.79 Å². The third kappa shape index (κ3) is 1.96. The monoisotopic (exact) mass is 271 g/mol. The number of anilines is 1. The van der Waals surface area contributed by atoms with Crippen LogP contribution in [0.15, 0.2) is 35.1 Å². The lowest BCUT2D eigenvalue weighted by molar-refractivity contribution is 0.518. The Hall–Kier alpha value is -1.97. The van der Waals surface area contributed by atoms with E-state index in [1.54, 1.807) is 4.68 Å². The Kier molecular flexibility index (Phi) is 3.38. The maximum atomic E-state index is 12.5. The topological polar surface area (TPSA) is 52.9 Å². The summed E-state index contributed by atoms with van der Waals surface area (Å²) in [5, 5.41) is 0. The van der Waals surface area contributed by atoms with E-state index in [-0.39, 0.29) is 5.56 Å². The molecule has 0 spiro atoms. The van der Waals surface area contributed by atoms with Crippen LogP contribution in [0, 0.1) is 0 Å². The third-order valence-electron chi connectivity index (χ3n) is 4.26. The molecule has 0 saturated heterocycles. The molecule has 2 aromatic rings. The number of benzene rings is 1. The first-order valence-corrected chi connectivity index (χ1v) is 7.40. The van der Waals surface area contributed by atoms with Crippen LogP contribution in [-0.2, 0) is 6.54 Å². The van der Waals surface area contributed by atoms with Crippen LogP contribution in [-0.4, -0.2) is 9.36 Å². The van der Waals surface area contributed by atoms with Crippen LogP contribution in [0.1, 0.15) is 44.2 Å². The number of hydrogen-bond acceptors (Lipinski definition) is 2. The van der Waals surface area contributed by atoms with Crippen molar-refractivity contribution in [3.63, 3.8) is 0 Å². The lowest BCUT2D eigenvalue weighted by atomic mass is 10.0. The summed E-state index contributed by atoms with van der Waals surface area (Å²) < 4.78 is 3.78. The van der Waals surface area contributed by atoms with E-state index in [2.05, 4.69) is 11.6 Å². The van der Waals surface area contributed by atoms with Crippen molar-refractivity contribution in [2.75, 3.05) is 5.73 Å². The normalized spacial score (nSPS) is 15.8. The number of nitrogens with zero attached hydrogens (tertiary/aromatic N) is 2. The smallest absolute Gasteiger partial charge is 0.294 e. The summed E-state index contributed by atoms with van der Waals surface area (Å²) in [6.45, 7) is 2.82. The third-order valence-corrected chi connectivity index (χ3v) is 4.26. The molecule has 1 aliphatic carbocycles. The lowest BCUT2D eigenvalue weighted by Gasteiger charge is -2.16. The first-order chi connectivity index (χ1) is 9.74. The Labute approximate surface area is 118 Å². The molecule has 4 nitrogen and oxygen atoms in total. The average molecular weight is 271 g/mol. The van der Waals surface area contributed by atoms with E-state index in [1.165, 1.54) is 12.8 Å². The number of rotatable bonds is 3. The highest BCUT2D eigenvalue weighted by Gasteiger charge is 2.27. The van der Waals surface area contributed by atoms with Gasteiger partial charge < -0.3 is 5.73 Å². The van der Waals surface area contributed by atoms with Gasteiger partial charge in [0.1, 0.15) is 5.69 Å². The first kappa shape index (κ1) is 13.0. The molecule has 1 aromatic heterocycles. The van der Waals surface area contributed by atoms with Crippen LogP contribution >= 0.6 is 0 Å². The summed E-state index contributed by atoms with van der Waals surface area (Å²) in [6.07, 6.45) is 4.75. The van der Waals surface area contributed by atoms with Crippen LogP contribution in [0.3, 0.4) is 0 Å². The highest BCUT2D eigenvalue weighted by atomic mass is 16.1. The lowest BCUT2D eigenvalue weighted by Crippen LogP contribution is -2.22. The van der Waals surface area contributed by atoms with E-state index in [1.807, 2.05) is 30.3 Å². The summed E-state index contributed by atoms with van der Waals surface area (Å²) in [5.41, 5.74) is 8.42. The van der Waals surface area contributed by atoms with E-state index in [0.717, 1.165) is 30.8 Å². The van der Waals surface area contributed by atoms with Crippen molar-refractivity contribution in [2.24, 2.45) is 0 Å². The fourth-order valence-electron chi connectivity index (χ4n) is 3.35. The number of nitrogens with two attached hydrogens (primary N) is 1. The van der Waals surface area contributed by atoms with E-state index >= 15 is 0 Å². The quantitative estimate of drug-likeness (QED) is 0.933. The molecule has 0 amide bonds. The Balaban J connectivity index is 2.20. The van der Waals surface area contributed by atoms with Gasteiger partial charge in [0.05, 0.1) is 11.4 Å². The van der Waals surface area contributed by atoms with Gasteiger partial charge in [0.15, 0.2) is 0 Å². The Morgan fingerprint density at radius 3 is 2.45 bits per heavy atom. The summed E-state index contributed by atoms with van der Waals surface area (Å²) in [6, 6.07) is 9.74. The van der Waals surface area contributed by atoms with E-state index in [0.29, 0.717) is 11.6 Å². The van der Waals surface area contributed by atoms with Crippen LogP contribution in [0.5, 0.6) is 0 Å². The molecule has 0 aliphatic heterocycles. The molecular formula is C16H21N3O. The maximum absolute atomic E-state index is 12.5. The molecule has 1 saturated carbocycles. The van der Waals surface area contributed by atoms with Gasteiger partial charge in [0.2, 0.25) is 0 Å². The predicted octanol–water partition coefficient (Wildman–Crippen LogP) is 2.90. The molecule has 1 fully saturated rings. The number of aromatic nitrogens is 2. The average Bonchev–Trinajstić information content (AvgIpc) is 3.08. The molecule has 0 bridgehead atoms. The molecule has 4 heteroatoms. The van der Waals surface area contributed by atoms with Gasteiger partial charge in [-0.3, -0.25) is 9.48 Å². The molecule has 1 aliphatic rings. The van der Waals surface area contributed by atoms with Gasteiger partial charge >= 0.3 is 0 Å².